The monoisotopic (exact) mass is 407 g/mol. The Labute approximate surface area is 176 Å². The van der Waals surface area contributed by atoms with Gasteiger partial charge in [-0.2, -0.15) is 0 Å². The zero-order chi connectivity index (χ0) is 21.3. The summed E-state index contributed by atoms with van der Waals surface area (Å²) in [5, 5.41) is 11.6. The number of aliphatic hydroxyl groups is 1. The molecule has 0 bridgehead atoms. The van der Waals surface area contributed by atoms with E-state index in [4.69, 9.17) is 9.47 Å². The third kappa shape index (κ3) is 3.47. The molecule has 1 aromatic heterocycles. The molecule has 0 unspecified atom stereocenters. The SMILES string of the molecule is CCCCOc1ccc2c(-c3ccc4c(c3C)CCCO4)c(CO)n(C)c(=O)c2c1. The minimum Gasteiger partial charge on any atom is -0.494 e. The van der Waals surface area contributed by atoms with Gasteiger partial charge in [0.15, 0.2) is 0 Å². The van der Waals surface area contributed by atoms with E-state index in [1.165, 1.54) is 5.56 Å². The molecule has 3 aromatic rings. The first kappa shape index (κ1) is 20.5. The maximum absolute atomic E-state index is 13.1. The number of rotatable bonds is 6. The molecule has 158 valence electrons. The predicted octanol–water partition coefficient (Wildman–Crippen LogP) is 4.51. The lowest BCUT2D eigenvalue weighted by molar-refractivity contribution is 0.272. The van der Waals surface area contributed by atoms with Crippen LogP contribution in [0.5, 0.6) is 11.5 Å². The van der Waals surface area contributed by atoms with Crippen molar-refractivity contribution in [3.8, 4) is 22.6 Å². The maximum Gasteiger partial charge on any atom is 0.258 e. The molecule has 0 fully saturated rings. The van der Waals surface area contributed by atoms with Gasteiger partial charge in [0.25, 0.3) is 5.56 Å². The van der Waals surface area contributed by atoms with Gasteiger partial charge in [-0.3, -0.25) is 4.79 Å². The molecular weight excluding hydrogens is 378 g/mol. The number of aliphatic hydroxyl groups excluding tert-OH is 1. The van der Waals surface area contributed by atoms with Crippen molar-refractivity contribution in [3.05, 3.63) is 57.5 Å². The van der Waals surface area contributed by atoms with Crippen molar-refractivity contribution in [2.45, 2.75) is 46.1 Å². The molecular formula is C25H29NO4. The van der Waals surface area contributed by atoms with Crippen LogP contribution in [-0.2, 0) is 20.1 Å². The molecule has 5 heteroatoms. The molecule has 1 aliphatic heterocycles. The third-order valence-corrected chi connectivity index (χ3v) is 6.06. The Balaban J connectivity index is 1.95. The average molecular weight is 408 g/mol. The van der Waals surface area contributed by atoms with Crippen molar-refractivity contribution in [1.29, 1.82) is 0 Å². The van der Waals surface area contributed by atoms with Gasteiger partial charge in [0.2, 0.25) is 0 Å². The van der Waals surface area contributed by atoms with E-state index >= 15 is 0 Å². The van der Waals surface area contributed by atoms with Gasteiger partial charge < -0.3 is 19.1 Å². The first-order valence-corrected chi connectivity index (χ1v) is 10.7. The summed E-state index contributed by atoms with van der Waals surface area (Å²) in [4.78, 5) is 13.1. The fraction of sp³-hybridized carbons (Fsp3) is 0.400. The first-order chi connectivity index (χ1) is 14.6. The Kier molecular flexibility index (Phi) is 5.82. The minimum atomic E-state index is -0.210. The number of pyridine rings is 1. The minimum absolute atomic E-state index is 0.127. The van der Waals surface area contributed by atoms with Crippen LogP contribution in [0, 0.1) is 6.92 Å². The summed E-state index contributed by atoms with van der Waals surface area (Å²) in [5.74, 6) is 1.64. The van der Waals surface area contributed by atoms with E-state index in [0.717, 1.165) is 60.1 Å². The fourth-order valence-electron chi connectivity index (χ4n) is 4.33. The van der Waals surface area contributed by atoms with Crippen molar-refractivity contribution in [3.63, 3.8) is 0 Å². The van der Waals surface area contributed by atoms with Crippen molar-refractivity contribution in [1.82, 2.24) is 4.57 Å². The lowest BCUT2D eigenvalue weighted by atomic mass is 9.89. The van der Waals surface area contributed by atoms with E-state index < -0.39 is 0 Å². The Morgan fingerprint density at radius 2 is 2.03 bits per heavy atom. The maximum atomic E-state index is 13.1. The number of fused-ring (bicyclic) bond motifs is 2. The Morgan fingerprint density at radius 3 is 2.80 bits per heavy atom. The topological polar surface area (TPSA) is 60.7 Å². The molecule has 0 aliphatic carbocycles. The van der Waals surface area contributed by atoms with Crippen molar-refractivity contribution >= 4 is 10.8 Å². The second kappa shape index (κ2) is 8.52. The lowest BCUT2D eigenvalue weighted by Crippen LogP contribution is -2.22. The van der Waals surface area contributed by atoms with Crippen LogP contribution in [0.15, 0.2) is 35.1 Å². The van der Waals surface area contributed by atoms with Crippen LogP contribution in [0.25, 0.3) is 21.9 Å². The Hall–Kier alpha value is -2.79. The van der Waals surface area contributed by atoms with E-state index in [1.807, 2.05) is 30.3 Å². The van der Waals surface area contributed by atoms with E-state index in [0.29, 0.717) is 23.4 Å². The van der Waals surface area contributed by atoms with Crippen LogP contribution in [0.1, 0.15) is 43.0 Å². The van der Waals surface area contributed by atoms with Gasteiger partial charge in [-0.15, -0.1) is 0 Å². The summed E-state index contributed by atoms with van der Waals surface area (Å²) in [5.41, 5.74) is 4.78. The van der Waals surface area contributed by atoms with Gasteiger partial charge in [0.1, 0.15) is 11.5 Å². The van der Waals surface area contributed by atoms with Crippen LogP contribution < -0.4 is 15.0 Å². The molecule has 30 heavy (non-hydrogen) atoms. The Bertz CT molecular complexity index is 1150. The molecule has 2 heterocycles. The van der Waals surface area contributed by atoms with Crippen molar-refractivity contribution in [2.24, 2.45) is 7.05 Å². The van der Waals surface area contributed by atoms with E-state index in [2.05, 4.69) is 13.8 Å². The number of aromatic nitrogens is 1. The lowest BCUT2D eigenvalue weighted by Gasteiger charge is -2.23. The summed E-state index contributed by atoms with van der Waals surface area (Å²) in [6.45, 7) is 5.39. The number of ether oxygens (including phenoxy) is 2. The molecule has 0 saturated carbocycles. The quantitative estimate of drug-likeness (QED) is 0.611. The molecule has 0 spiro atoms. The molecule has 0 atom stereocenters. The smallest absolute Gasteiger partial charge is 0.258 e. The zero-order valence-electron chi connectivity index (χ0n) is 18.0. The molecule has 2 aromatic carbocycles. The standard InChI is InChI=1S/C25H29NO4/c1-4-5-12-29-17-8-9-20-21(14-17)25(28)26(3)22(15-27)24(20)19-10-11-23-18(16(19)2)7-6-13-30-23/h8-11,14,27H,4-7,12-13,15H2,1-3H3. The van der Waals surface area contributed by atoms with E-state index in [-0.39, 0.29) is 12.2 Å². The summed E-state index contributed by atoms with van der Waals surface area (Å²) >= 11 is 0. The highest BCUT2D eigenvalue weighted by Crippen LogP contribution is 2.39. The molecule has 1 N–H and O–H groups in total. The number of benzene rings is 2. The van der Waals surface area contributed by atoms with Crippen LogP contribution in [-0.4, -0.2) is 22.9 Å². The van der Waals surface area contributed by atoms with Gasteiger partial charge in [-0.05, 0) is 72.5 Å². The number of hydrogen-bond donors (Lipinski definition) is 1. The summed E-state index contributed by atoms with van der Waals surface area (Å²) in [6, 6.07) is 9.75. The van der Waals surface area contributed by atoms with Gasteiger partial charge in [-0.25, -0.2) is 0 Å². The summed E-state index contributed by atoms with van der Waals surface area (Å²) < 4.78 is 13.2. The highest BCUT2D eigenvalue weighted by Gasteiger charge is 2.21. The Morgan fingerprint density at radius 1 is 1.20 bits per heavy atom. The van der Waals surface area contributed by atoms with E-state index in [9.17, 15) is 9.90 Å². The van der Waals surface area contributed by atoms with Crippen molar-refractivity contribution < 1.29 is 14.6 Å². The summed E-state index contributed by atoms with van der Waals surface area (Å²) in [7, 11) is 1.72. The van der Waals surface area contributed by atoms with Crippen LogP contribution in [0.4, 0.5) is 0 Å². The third-order valence-electron chi connectivity index (χ3n) is 6.06. The molecule has 0 radical (unpaired) electrons. The van der Waals surface area contributed by atoms with E-state index in [1.54, 1.807) is 11.6 Å². The highest BCUT2D eigenvalue weighted by atomic mass is 16.5. The van der Waals surface area contributed by atoms with Crippen LogP contribution >= 0.6 is 0 Å². The molecule has 0 amide bonds. The zero-order valence-corrected chi connectivity index (χ0v) is 18.0. The second-order valence-corrected chi connectivity index (χ2v) is 7.92. The first-order valence-electron chi connectivity index (χ1n) is 10.7. The van der Waals surface area contributed by atoms with Gasteiger partial charge in [-0.1, -0.05) is 19.4 Å². The molecule has 0 saturated heterocycles. The van der Waals surface area contributed by atoms with Crippen molar-refractivity contribution in [2.75, 3.05) is 13.2 Å². The molecule has 5 nitrogen and oxygen atoms in total. The molecule has 4 rings (SSSR count). The number of unbranched alkanes of at least 4 members (excludes halogenated alkanes) is 1. The highest BCUT2D eigenvalue weighted by molar-refractivity contribution is 5.99. The predicted molar refractivity (Wildman–Crippen MR) is 120 cm³/mol. The number of nitrogens with zero attached hydrogens (tertiary/aromatic N) is 1. The van der Waals surface area contributed by atoms with Gasteiger partial charge >= 0.3 is 0 Å². The number of hydrogen-bond acceptors (Lipinski definition) is 4. The fourth-order valence-corrected chi connectivity index (χ4v) is 4.33. The van der Waals surface area contributed by atoms with Crippen LogP contribution in [0.2, 0.25) is 0 Å². The van der Waals surface area contributed by atoms with Crippen LogP contribution in [0.3, 0.4) is 0 Å². The average Bonchev–Trinajstić information content (AvgIpc) is 2.77. The molecule has 1 aliphatic rings. The largest absolute Gasteiger partial charge is 0.494 e. The van der Waals surface area contributed by atoms with Gasteiger partial charge in [0.05, 0.1) is 30.9 Å². The van der Waals surface area contributed by atoms with Gasteiger partial charge in [0, 0.05) is 12.6 Å². The summed E-state index contributed by atoms with van der Waals surface area (Å²) in [6.07, 6.45) is 4.00. The normalized spacial score (nSPS) is 13.2. The second-order valence-electron chi connectivity index (χ2n) is 7.92.